The van der Waals surface area contributed by atoms with Crippen molar-refractivity contribution in [1.29, 1.82) is 0 Å². The monoisotopic (exact) mass is 510 g/mol. The summed E-state index contributed by atoms with van der Waals surface area (Å²) in [6, 6.07) is 8.92. The molecule has 1 fully saturated rings. The fourth-order valence-corrected chi connectivity index (χ4v) is 3.90. The Morgan fingerprint density at radius 3 is 2.00 bits per heavy atom. The van der Waals surface area contributed by atoms with Gasteiger partial charge in [-0.3, -0.25) is 4.79 Å². The number of aromatic nitrogens is 3. The molecule has 0 bridgehead atoms. The van der Waals surface area contributed by atoms with Gasteiger partial charge in [0.2, 0.25) is 5.91 Å². The van der Waals surface area contributed by atoms with Gasteiger partial charge in [0.1, 0.15) is 0 Å². The second kappa shape index (κ2) is 9.76. The summed E-state index contributed by atoms with van der Waals surface area (Å²) in [5.74, 6) is -1.31. The van der Waals surface area contributed by atoms with E-state index in [1.54, 1.807) is 0 Å². The number of nitrogens with zero attached hydrogens (tertiary/aromatic N) is 4. The zero-order valence-corrected chi connectivity index (χ0v) is 18.6. The Labute approximate surface area is 201 Å². The number of rotatable bonds is 4. The molecule has 0 aliphatic carbocycles. The number of halogens is 6. The van der Waals surface area contributed by atoms with Crippen LogP contribution in [-0.2, 0) is 17.1 Å². The van der Waals surface area contributed by atoms with Crippen LogP contribution in [0.3, 0.4) is 0 Å². The Morgan fingerprint density at radius 1 is 0.889 bits per heavy atom. The lowest BCUT2D eigenvalue weighted by Crippen LogP contribution is -2.39. The molecule has 2 heterocycles. The third-order valence-electron chi connectivity index (χ3n) is 5.71. The normalized spacial score (nSPS) is 15.6. The maximum absolute atomic E-state index is 13.7. The fraction of sp³-hybridized carbons (Fsp3) is 0.292. The number of piperidine rings is 1. The van der Waals surface area contributed by atoms with E-state index < -0.39 is 52.4 Å². The van der Waals surface area contributed by atoms with Crippen molar-refractivity contribution in [3.05, 3.63) is 65.7 Å². The quantitative estimate of drug-likeness (QED) is 0.392. The minimum Gasteiger partial charge on any atom is -0.393 e. The summed E-state index contributed by atoms with van der Waals surface area (Å²) in [6.45, 7) is 0.575. The minimum absolute atomic E-state index is 0.287. The molecule has 4 rings (SSSR count). The molecular formula is C24H20F6N4O2. The molecule has 0 spiro atoms. The number of benzene rings is 2. The molecule has 1 N–H and O–H groups in total. The van der Waals surface area contributed by atoms with Crippen LogP contribution in [0.2, 0.25) is 0 Å². The van der Waals surface area contributed by atoms with Crippen LogP contribution in [0.25, 0.3) is 29.0 Å². The summed E-state index contributed by atoms with van der Waals surface area (Å²) in [5.41, 5.74) is -2.94. The molecule has 36 heavy (non-hydrogen) atoms. The molecule has 3 aromatic rings. The Balaban J connectivity index is 1.81. The van der Waals surface area contributed by atoms with Crippen LogP contribution in [-0.4, -0.2) is 49.9 Å². The van der Waals surface area contributed by atoms with Gasteiger partial charge < -0.3 is 10.0 Å². The van der Waals surface area contributed by atoms with Crippen molar-refractivity contribution in [2.75, 3.05) is 13.1 Å². The van der Waals surface area contributed by atoms with Crippen molar-refractivity contribution in [2.45, 2.75) is 31.3 Å². The molecule has 2 aromatic carbocycles. The molecule has 0 saturated carbocycles. The maximum Gasteiger partial charge on any atom is 0.417 e. The molecule has 12 heteroatoms. The average Bonchev–Trinajstić information content (AvgIpc) is 3.26. The highest BCUT2D eigenvalue weighted by Gasteiger charge is 2.36. The Morgan fingerprint density at radius 2 is 1.42 bits per heavy atom. The number of alkyl halides is 6. The number of aliphatic hydroxyl groups excluding tert-OH is 1. The molecule has 190 valence electrons. The molecule has 1 aromatic heterocycles. The topological polar surface area (TPSA) is 71.2 Å². The number of hydrogen-bond donors (Lipinski definition) is 1. The molecule has 0 unspecified atom stereocenters. The summed E-state index contributed by atoms with van der Waals surface area (Å²) in [7, 11) is 0. The van der Waals surface area contributed by atoms with E-state index in [0.717, 1.165) is 41.2 Å². The van der Waals surface area contributed by atoms with E-state index in [1.165, 1.54) is 29.2 Å². The Bertz CT molecular complexity index is 1270. The van der Waals surface area contributed by atoms with E-state index in [2.05, 4.69) is 10.1 Å². The van der Waals surface area contributed by atoms with Gasteiger partial charge in [-0.15, -0.1) is 5.10 Å². The van der Waals surface area contributed by atoms with Gasteiger partial charge in [-0.25, -0.2) is 9.67 Å². The van der Waals surface area contributed by atoms with Crippen molar-refractivity contribution in [2.24, 2.45) is 0 Å². The Hall–Kier alpha value is -3.67. The summed E-state index contributed by atoms with van der Waals surface area (Å²) >= 11 is 0. The van der Waals surface area contributed by atoms with Gasteiger partial charge in [-0.2, -0.15) is 26.3 Å². The van der Waals surface area contributed by atoms with Crippen LogP contribution < -0.4 is 0 Å². The second-order valence-corrected chi connectivity index (χ2v) is 8.16. The molecule has 0 atom stereocenters. The predicted molar refractivity (Wildman–Crippen MR) is 118 cm³/mol. The van der Waals surface area contributed by atoms with Gasteiger partial charge in [0.15, 0.2) is 11.6 Å². The van der Waals surface area contributed by atoms with E-state index in [1.807, 2.05) is 0 Å². The van der Waals surface area contributed by atoms with Crippen molar-refractivity contribution in [3.63, 3.8) is 0 Å². The third-order valence-corrected chi connectivity index (χ3v) is 5.71. The standard InChI is InChI=1S/C24H20F6N4O2/c25-23(26,27)18-7-3-1-5-16(18)21-31-22(17-6-2-4-8-19(17)24(28,29)30)34(32-21)14-11-20(36)33-12-9-15(35)10-13-33/h1-8,11,14-15,35H,9-10,12-13H2/b14-11-. The molecular weight excluding hydrogens is 490 g/mol. The number of likely N-dealkylation sites (tertiary alicyclic amines) is 1. The van der Waals surface area contributed by atoms with Crippen LogP contribution in [0.15, 0.2) is 54.6 Å². The van der Waals surface area contributed by atoms with Crippen LogP contribution in [0.4, 0.5) is 26.3 Å². The van der Waals surface area contributed by atoms with E-state index in [0.29, 0.717) is 12.8 Å². The van der Waals surface area contributed by atoms with Crippen molar-refractivity contribution < 1.29 is 36.2 Å². The van der Waals surface area contributed by atoms with E-state index in [-0.39, 0.29) is 18.9 Å². The third kappa shape index (κ3) is 5.43. The summed E-state index contributed by atoms with van der Waals surface area (Å²) < 4.78 is 82.7. The number of hydrogen-bond acceptors (Lipinski definition) is 4. The number of carbonyl (C=O) groups is 1. The lowest BCUT2D eigenvalue weighted by molar-refractivity contribution is -0.137. The van der Waals surface area contributed by atoms with Crippen LogP contribution in [0, 0.1) is 0 Å². The predicted octanol–water partition coefficient (Wildman–Crippen LogP) is 5.10. The van der Waals surface area contributed by atoms with Crippen LogP contribution in [0.1, 0.15) is 24.0 Å². The summed E-state index contributed by atoms with van der Waals surface area (Å²) in [5, 5.41) is 13.6. The van der Waals surface area contributed by atoms with Crippen LogP contribution in [0.5, 0.6) is 0 Å². The fourth-order valence-electron chi connectivity index (χ4n) is 3.90. The minimum atomic E-state index is -4.77. The number of amides is 1. The zero-order chi connectivity index (χ0) is 26.1. The average molecular weight is 510 g/mol. The SMILES string of the molecule is O=C(/C=C\n1nc(-c2ccccc2C(F)(F)F)nc1-c1ccccc1C(F)(F)F)N1CCC(O)CC1. The largest absolute Gasteiger partial charge is 0.417 e. The van der Waals surface area contributed by atoms with Gasteiger partial charge in [0.05, 0.1) is 17.2 Å². The van der Waals surface area contributed by atoms with Gasteiger partial charge in [0.25, 0.3) is 0 Å². The first kappa shape index (κ1) is 25.4. The number of aliphatic hydroxyl groups is 1. The van der Waals surface area contributed by atoms with E-state index >= 15 is 0 Å². The van der Waals surface area contributed by atoms with Crippen molar-refractivity contribution in [1.82, 2.24) is 19.7 Å². The molecule has 0 radical (unpaired) electrons. The lowest BCUT2D eigenvalue weighted by Gasteiger charge is -2.28. The highest BCUT2D eigenvalue weighted by Crippen LogP contribution is 2.39. The van der Waals surface area contributed by atoms with Gasteiger partial charge in [0, 0.05) is 36.5 Å². The van der Waals surface area contributed by atoms with Crippen molar-refractivity contribution >= 4 is 12.1 Å². The summed E-state index contributed by atoms with van der Waals surface area (Å²) in [6.07, 6.45) is -7.15. The van der Waals surface area contributed by atoms with Crippen LogP contribution >= 0.6 is 0 Å². The van der Waals surface area contributed by atoms with E-state index in [9.17, 15) is 36.2 Å². The first-order valence-electron chi connectivity index (χ1n) is 10.9. The molecule has 1 aliphatic heterocycles. The highest BCUT2D eigenvalue weighted by atomic mass is 19.4. The zero-order valence-electron chi connectivity index (χ0n) is 18.6. The van der Waals surface area contributed by atoms with Gasteiger partial charge in [-0.1, -0.05) is 36.4 Å². The van der Waals surface area contributed by atoms with Gasteiger partial charge in [-0.05, 0) is 25.0 Å². The molecule has 1 aliphatic rings. The smallest absolute Gasteiger partial charge is 0.393 e. The molecule has 1 amide bonds. The maximum atomic E-state index is 13.7. The molecule has 6 nitrogen and oxygen atoms in total. The summed E-state index contributed by atoms with van der Waals surface area (Å²) in [4.78, 5) is 18.1. The number of carbonyl (C=O) groups excluding carboxylic acids is 1. The molecule has 1 saturated heterocycles. The van der Waals surface area contributed by atoms with E-state index in [4.69, 9.17) is 0 Å². The first-order valence-corrected chi connectivity index (χ1v) is 10.9. The highest BCUT2D eigenvalue weighted by molar-refractivity contribution is 5.90. The van der Waals surface area contributed by atoms with Gasteiger partial charge >= 0.3 is 12.4 Å². The Kier molecular flexibility index (Phi) is 6.90. The second-order valence-electron chi connectivity index (χ2n) is 8.16. The first-order chi connectivity index (χ1) is 16.9. The lowest BCUT2D eigenvalue weighted by atomic mass is 10.1. The van der Waals surface area contributed by atoms with Crippen molar-refractivity contribution in [3.8, 4) is 22.8 Å².